The fraction of sp³-hybridized carbons (Fsp3) is 0.0800. The highest BCUT2D eigenvalue weighted by atomic mass is 35.5. The molecule has 166 valence electrons. The number of ether oxygens (including phenoxy) is 1. The lowest BCUT2D eigenvalue weighted by molar-refractivity contribution is 0.0951. The standard InChI is InChI=1S/C25H21ClN4O3/c1-30-25(32)23(22(16-28-30)33-21-9-5-8-19(26)14-21)29-20-12-10-18(11-13-20)24(31)27-15-17-6-3-2-4-7-17/h2-14,16,29H,15H2,1H3,(H,27,31). The average Bonchev–Trinajstić information content (AvgIpc) is 2.83. The minimum atomic E-state index is -0.362. The van der Waals surface area contributed by atoms with Crippen molar-refractivity contribution < 1.29 is 9.53 Å². The second-order valence-corrected chi connectivity index (χ2v) is 7.68. The summed E-state index contributed by atoms with van der Waals surface area (Å²) in [6.07, 6.45) is 1.45. The van der Waals surface area contributed by atoms with Gasteiger partial charge in [-0.05, 0) is 48.0 Å². The maximum Gasteiger partial charge on any atom is 0.294 e. The minimum Gasteiger partial charge on any atom is -0.453 e. The first kappa shape index (κ1) is 22.1. The Hall–Kier alpha value is -4.10. The van der Waals surface area contributed by atoms with Gasteiger partial charge in [0.05, 0.1) is 6.20 Å². The molecule has 0 aliphatic rings. The lowest BCUT2D eigenvalue weighted by Gasteiger charge is -2.13. The molecule has 2 N–H and O–H groups in total. The largest absolute Gasteiger partial charge is 0.453 e. The van der Waals surface area contributed by atoms with Crippen molar-refractivity contribution in [3.8, 4) is 11.5 Å². The van der Waals surface area contributed by atoms with Crippen LogP contribution < -0.4 is 20.9 Å². The van der Waals surface area contributed by atoms with Gasteiger partial charge < -0.3 is 15.4 Å². The van der Waals surface area contributed by atoms with Gasteiger partial charge in [0.1, 0.15) is 5.75 Å². The molecule has 1 heterocycles. The van der Waals surface area contributed by atoms with Crippen molar-refractivity contribution in [2.24, 2.45) is 7.05 Å². The summed E-state index contributed by atoms with van der Waals surface area (Å²) < 4.78 is 7.05. The lowest BCUT2D eigenvalue weighted by Crippen LogP contribution is -2.23. The Kier molecular flexibility index (Phi) is 6.71. The Morgan fingerprint density at radius 3 is 2.52 bits per heavy atom. The molecule has 0 radical (unpaired) electrons. The van der Waals surface area contributed by atoms with Crippen LogP contribution in [0.3, 0.4) is 0 Å². The molecule has 8 heteroatoms. The summed E-state index contributed by atoms with van der Waals surface area (Å²) in [4.78, 5) is 25.2. The first-order valence-electron chi connectivity index (χ1n) is 10.2. The van der Waals surface area contributed by atoms with E-state index in [1.165, 1.54) is 10.9 Å². The van der Waals surface area contributed by atoms with Gasteiger partial charge in [-0.1, -0.05) is 48.0 Å². The molecule has 0 aliphatic heterocycles. The lowest BCUT2D eigenvalue weighted by atomic mass is 10.1. The topological polar surface area (TPSA) is 85.2 Å². The van der Waals surface area contributed by atoms with Crippen LogP contribution in [0.5, 0.6) is 11.5 Å². The Morgan fingerprint density at radius 1 is 1.03 bits per heavy atom. The highest BCUT2D eigenvalue weighted by Gasteiger charge is 2.14. The van der Waals surface area contributed by atoms with E-state index in [0.29, 0.717) is 28.6 Å². The number of anilines is 2. The molecule has 0 bridgehead atoms. The molecule has 4 aromatic rings. The molecule has 4 rings (SSSR count). The van der Waals surface area contributed by atoms with Crippen LogP contribution >= 0.6 is 11.6 Å². The average molecular weight is 461 g/mol. The number of hydrogen-bond acceptors (Lipinski definition) is 5. The van der Waals surface area contributed by atoms with Gasteiger partial charge >= 0.3 is 0 Å². The number of amides is 1. The highest BCUT2D eigenvalue weighted by molar-refractivity contribution is 6.30. The Balaban J connectivity index is 1.50. The van der Waals surface area contributed by atoms with Gasteiger partial charge in [-0.2, -0.15) is 5.10 Å². The molecule has 0 saturated carbocycles. The van der Waals surface area contributed by atoms with Crippen LogP contribution in [0.2, 0.25) is 5.02 Å². The molecule has 0 unspecified atom stereocenters. The molecule has 0 saturated heterocycles. The van der Waals surface area contributed by atoms with Crippen LogP contribution in [0.15, 0.2) is 89.9 Å². The van der Waals surface area contributed by atoms with E-state index in [2.05, 4.69) is 15.7 Å². The van der Waals surface area contributed by atoms with Crippen molar-refractivity contribution in [3.05, 3.63) is 112 Å². The van der Waals surface area contributed by atoms with Crippen molar-refractivity contribution in [2.75, 3.05) is 5.32 Å². The predicted molar refractivity (Wildman–Crippen MR) is 128 cm³/mol. The van der Waals surface area contributed by atoms with Crippen LogP contribution in [-0.2, 0) is 13.6 Å². The van der Waals surface area contributed by atoms with E-state index < -0.39 is 0 Å². The summed E-state index contributed by atoms with van der Waals surface area (Å²) in [6.45, 7) is 0.441. The summed E-state index contributed by atoms with van der Waals surface area (Å²) in [5, 5.41) is 10.5. The molecule has 0 aliphatic carbocycles. The zero-order valence-electron chi connectivity index (χ0n) is 17.8. The zero-order chi connectivity index (χ0) is 23.2. The first-order valence-corrected chi connectivity index (χ1v) is 10.6. The van der Waals surface area contributed by atoms with E-state index >= 15 is 0 Å². The quantitative estimate of drug-likeness (QED) is 0.409. The molecule has 33 heavy (non-hydrogen) atoms. The van der Waals surface area contributed by atoms with Crippen LogP contribution in [0.25, 0.3) is 0 Å². The van der Waals surface area contributed by atoms with Gasteiger partial charge in [-0.25, -0.2) is 4.68 Å². The minimum absolute atomic E-state index is 0.185. The number of carbonyl (C=O) groups excluding carboxylic acids is 1. The molecule has 3 aromatic carbocycles. The fourth-order valence-corrected chi connectivity index (χ4v) is 3.28. The van der Waals surface area contributed by atoms with E-state index in [9.17, 15) is 9.59 Å². The van der Waals surface area contributed by atoms with E-state index in [1.54, 1.807) is 55.6 Å². The molecule has 0 atom stereocenters. The number of nitrogens with one attached hydrogen (secondary N) is 2. The monoisotopic (exact) mass is 460 g/mol. The van der Waals surface area contributed by atoms with Crippen molar-refractivity contribution in [1.29, 1.82) is 0 Å². The van der Waals surface area contributed by atoms with Gasteiger partial charge in [0.2, 0.25) is 0 Å². The Bertz CT molecular complexity index is 1320. The summed E-state index contributed by atoms with van der Waals surface area (Å²) in [7, 11) is 1.55. The summed E-state index contributed by atoms with van der Waals surface area (Å²) in [5.41, 5.74) is 2.00. The fourth-order valence-electron chi connectivity index (χ4n) is 3.10. The third-order valence-corrected chi connectivity index (χ3v) is 5.07. The van der Waals surface area contributed by atoms with Gasteiger partial charge in [-0.15, -0.1) is 0 Å². The number of rotatable bonds is 7. The molecule has 1 aromatic heterocycles. The smallest absolute Gasteiger partial charge is 0.294 e. The van der Waals surface area contributed by atoms with E-state index in [-0.39, 0.29) is 22.9 Å². The number of hydrogen-bond donors (Lipinski definition) is 2. The highest BCUT2D eigenvalue weighted by Crippen LogP contribution is 2.29. The number of benzene rings is 3. The van der Waals surface area contributed by atoms with Crippen molar-refractivity contribution in [2.45, 2.75) is 6.54 Å². The van der Waals surface area contributed by atoms with Crippen LogP contribution in [0, 0.1) is 0 Å². The normalized spacial score (nSPS) is 10.5. The maximum absolute atomic E-state index is 12.7. The van der Waals surface area contributed by atoms with Crippen LogP contribution in [-0.4, -0.2) is 15.7 Å². The van der Waals surface area contributed by atoms with Gasteiger partial charge in [0.15, 0.2) is 11.4 Å². The SMILES string of the molecule is Cn1ncc(Oc2cccc(Cl)c2)c(Nc2ccc(C(=O)NCc3ccccc3)cc2)c1=O. The second-order valence-electron chi connectivity index (χ2n) is 7.24. The van der Waals surface area contributed by atoms with Crippen molar-refractivity contribution >= 4 is 28.9 Å². The molecular weight excluding hydrogens is 440 g/mol. The van der Waals surface area contributed by atoms with E-state index in [1.807, 2.05) is 30.3 Å². The second kappa shape index (κ2) is 10.0. The Labute approximate surface area is 195 Å². The third kappa shape index (κ3) is 5.58. The third-order valence-electron chi connectivity index (χ3n) is 4.84. The van der Waals surface area contributed by atoms with Gasteiger partial charge in [0.25, 0.3) is 11.5 Å². The molecule has 1 amide bonds. The first-order chi connectivity index (χ1) is 16.0. The Morgan fingerprint density at radius 2 is 1.79 bits per heavy atom. The summed E-state index contributed by atoms with van der Waals surface area (Å²) >= 11 is 6.02. The van der Waals surface area contributed by atoms with Crippen LogP contribution in [0.1, 0.15) is 15.9 Å². The van der Waals surface area contributed by atoms with Gasteiger partial charge in [-0.3, -0.25) is 9.59 Å². The van der Waals surface area contributed by atoms with Crippen molar-refractivity contribution in [3.63, 3.8) is 0 Å². The number of halogens is 1. The van der Waals surface area contributed by atoms with Crippen LogP contribution in [0.4, 0.5) is 11.4 Å². The van der Waals surface area contributed by atoms with Gasteiger partial charge in [0, 0.05) is 29.9 Å². The zero-order valence-corrected chi connectivity index (χ0v) is 18.5. The molecule has 0 spiro atoms. The molecule has 0 fully saturated rings. The summed E-state index contributed by atoms with van der Waals surface area (Å²) in [5.74, 6) is 0.547. The molecular formula is C25H21ClN4O3. The van der Waals surface area contributed by atoms with E-state index in [0.717, 1.165) is 5.56 Å². The van der Waals surface area contributed by atoms with E-state index in [4.69, 9.17) is 16.3 Å². The number of aryl methyl sites for hydroxylation is 1. The number of aromatic nitrogens is 2. The number of nitrogens with zero attached hydrogens (tertiary/aromatic N) is 2. The number of carbonyl (C=O) groups is 1. The molecule has 7 nitrogen and oxygen atoms in total. The van der Waals surface area contributed by atoms with Crippen molar-refractivity contribution in [1.82, 2.24) is 15.1 Å². The summed E-state index contributed by atoms with van der Waals surface area (Å²) in [6, 6.07) is 23.4. The predicted octanol–water partition coefficient (Wildman–Crippen LogP) is 4.90. The maximum atomic E-state index is 12.7.